The minimum atomic E-state index is 0.0467. The van der Waals surface area contributed by atoms with Crippen LogP contribution in [0.1, 0.15) is 31.9 Å². The Kier molecular flexibility index (Phi) is 3.07. The molecular weight excluding hydrogens is 258 g/mol. The molecule has 0 radical (unpaired) electrons. The molecule has 0 amide bonds. The maximum Gasteiger partial charge on any atom is 0.153 e. The second-order valence-electron chi connectivity index (χ2n) is 6.24. The molecule has 2 nitrogen and oxygen atoms in total. The largest absolute Gasteiger partial charge is 0.455 e. The molecule has 3 aromatic rings. The van der Waals surface area contributed by atoms with Gasteiger partial charge in [0, 0.05) is 10.9 Å². The Bertz CT molecular complexity index is 830. The van der Waals surface area contributed by atoms with Gasteiger partial charge in [0.1, 0.15) is 17.2 Å². The van der Waals surface area contributed by atoms with Crippen LogP contribution in [0, 0.1) is 11.3 Å². The summed E-state index contributed by atoms with van der Waals surface area (Å²) in [6.07, 6.45) is 0. The van der Waals surface area contributed by atoms with Crippen molar-refractivity contribution in [3.8, 4) is 17.4 Å². The van der Waals surface area contributed by atoms with Gasteiger partial charge < -0.3 is 4.42 Å². The predicted molar refractivity (Wildman–Crippen MR) is 85.1 cm³/mol. The molecule has 0 unspecified atom stereocenters. The summed E-state index contributed by atoms with van der Waals surface area (Å²) in [5.41, 5.74) is 3.56. The van der Waals surface area contributed by atoms with Gasteiger partial charge in [-0.2, -0.15) is 5.26 Å². The summed E-state index contributed by atoms with van der Waals surface area (Å²) >= 11 is 0. The lowest BCUT2D eigenvalue weighted by Gasteiger charge is -2.18. The summed E-state index contributed by atoms with van der Waals surface area (Å²) in [6.45, 7) is 6.50. The van der Waals surface area contributed by atoms with E-state index >= 15 is 0 Å². The topological polar surface area (TPSA) is 36.9 Å². The van der Waals surface area contributed by atoms with Crippen LogP contribution < -0.4 is 0 Å². The average Bonchev–Trinajstić information content (AvgIpc) is 2.84. The van der Waals surface area contributed by atoms with Crippen molar-refractivity contribution < 1.29 is 4.42 Å². The van der Waals surface area contributed by atoms with Gasteiger partial charge in [0.25, 0.3) is 0 Å². The van der Waals surface area contributed by atoms with Crippen LogP contribution in [0.4, 0.5) is 0 Å². The van der Waals surface area contributed by atoms with E-state index < -0.39 is 0 Å². The molecule has 0 aliphatic heterocycles. The summed E-state index contributed by atoms with van der Waals surface area (Å²) in [5.74, 6) is 0.652. The minimum absolute atomic E-state index is 0.0467. The van der Waals surface area contributed by atoms with Crippen molar-refractivity contribution >= 4 is 11.0 Å². The zero-order chi connectivity index (χ0) is 15.0. The van der Waals surface area contributed by atoms with Crippen LogP contribution in [-0.2, 0) is 5.41 Å². The van der Waals surface area contributed by atoms with Crippen molar-refractivity contribution in [2.45, 2.75) is 26.2 Å². The molecule has 0 aliphatic carbocycles. The van der Waals surface area contributed by atoms with E-state index in [0.717, 1.165) is 16.5 Å². The van der Waals surface area contributed by atoms with Crippen LogP contribution in [0.5, 0.6) is 0 Å². The summed E-state index contributed by atoms with van der Waals surface area (Å²) < 4.78 is 5.92. The van der Waals surface area contributed by atoms with Crippen molar-refractivity contribution in [1.82, 2.24) is 0 Å². The van der Waals surface area contributed by atoms with Gasteiger partial charge in [0.05, 0.1) is 0 Å². The van der Waals surface area contributed by atoms with E-state index in [0.29, 0.717) is 11.3 Å². The highest BCUT2D eigenvalue weighted by molar-refractivity contribution is 5.91. The molecule has 0 saturated heterocycles. The molecule has 1 heterocycles. The normalized spacial score (nSPS) is 11.5. The van der Waals surface area contributed by atoms with Crippen LogP contribution in [-0.4, -0.2) is 0 Å². The molecule has 0 bridgehead atoms. The first-order valence-electron chi connectivity index (χ1n) is 7.03. The van der Waals surface area contributed by atoms with E-state index in [1.54, 1.807) is 0 Å². The molecule has 2 heteroatoms. The molecule has 0 saturated carbocycles. The molecule has 0 aliphatic rings. The van der Waals surface area contributed by atoms with Gasteiger partial charge in [-0.1, -0.05) is 57.2 Å². The minimum Gasteiger partial charge on any atom is -0.455 e. The van der Waals surface area contributed by atoms with Crippen LogP contribution >= 0.6 is 0 Å². The summed E-state index contributed by atoms with van der Waals surface area (Å²) in [6, 6.07) is 18.2. The van der Waals surface area contributed by atoms with E-state index in [1.807, 2.05) is 36.4 Å². The number of benzene rings is 2. The van der Waals surface area contributed by atoms with Crippen molar-refractivity contribution in [3.63, 3.8) is 0 Å². The molecule has 104 valence electrons. The van der Waals surface area contributed by atoms with Crippen molar-refractivity contribution in [1.29, 1.82) is 5.26 Å². The monoisotopic (exact) mass is 275 g/mol. The highest BCUT2D eigenvalue weighted by atomic mass is 16.3. The molecule has 21 heavy (non-hydrogen) atoms. The van der Waals surface area contributed by atoms with E-state index in [-0.39, 0.29) is 5.41 Å². The third-order valence-corrected chi connectivity index (χ3v) is 3.70. The number of nitriles is 1. The fraction of sp³-hybridized carbons (Fsp3) is 0.211. The standard InChI is InChI=1S/C19H17NO/c1-19(2,3)14-9-10-17-15(11-14)16(12-20)18(21-17)13-7-5-4-6-8-13/h4-11H,1-3H3. The third kappa shape index (κ3) is 2.32. The highest BCUT2D eigenvalue weighted by Gasteiger charge is 2.19. The Labute approximate surface area is 124 Å². The molecule has 3 rings (SSSR count). The van der Waals surface area contributed by atoms with E-state index in [4.69, 9.17) is 4.42 Å². The van der Waals surface area contributed by atoms with Crippen LogP contribution in [0.3, 0.4) is 0 Å². The number of furan rings is 1. The molecular formula is C19H17NO. The van der Waals surface area contributed by atoms with E-state index in [9.17, 15) is 5.26 Å². The molecule has 0 spiro atoms. The number of hydrogen-bond donors (Lipinski definition) is 0. The Hall–Kier alpha value is -2.53. The number of rotatable bonds is 1. The van der Waals surface area contributed by atoms with E-state index in [2.05, 4.69) is 39.0 Å². The van der Waals surface area contributed by atoms with Crippen LogP contribution in [0.25, 0.3) is 22.3 Å². The maximum absolute atomic E-state index is 9.55. The second-order valence-corrected chi connectivity index (χ2v) is 6.24. The smallest absolute Gasteiger partial charge is 0.153 e. The molecule has 2 aromatic carbocycles. The van der Waals surface area contributed by atoms with Gasteiger partial charge in [-0.25, -0.2) is 0 Å². The van der Waals surface area contributed by atoms with E-state index in [1.165, 1.54) is 5.56 Å². The van der Waals surface area contributed by atoms with Crippen molar-refractivity contribution in [2.75, 3.05) is 0 Å². The van der Waals surface area contributed by atoms with Crippen LogP contribution in [0.2, 0.25) is 0 Å². The molecule has 1 aromatic heterocycles. The maximum atomic E-state index is 9.55. The first kappa shape index (κ1) is 13.5. The summed E-state index contributed by atoms with van der Waals surface area (Å²) in [5, 5.41) is 10.4. The average molecular weight is 275 g/mol. The zero-order valence-corrected chi connectivity index (χ0v) is 12.5. The lowest BCUT2D eigenvalue weighted by molar-refractivity contribution is 0.590. The first-order valence-corrected chi connectivity index (χ1v) is 7.03. The SMILES string of the molecule is CC(C)(C)c1ccc2oc(-c3ccccc3)c(C#N)c2c1. The molecule has 0 fully saturated rings. The van der Waals surface area contributed by atoms with Gasteiger partial charge in [-0.05, 0) is 23.1 Å². The summed E-state index contributed by atoms with van der Waals surface area (Å²) in [7, 11) is 0. The van der Waals surface area contributed by atoms with Gasteiger partial charge >= 0.3 is 0 Å². The molecule has 0 N–H and O–H groups in total. The number of nitrogens with zero attached hydrogens (tertiary/aromatic N) is 1. The Morgan fingerprint density at radius 3 is 2.33 bits per heavy atom. The van der Waals surface area contributed by atoms with Crippen molar-refractivity contribution in [3.05, 3.63) is 59.7 Å². The van der Waals surface area contributed by atoms with Gasteiger partial charge in [-0.3, -0.25) is 0 Å². The third-order valence-electron chi connectivity index (χ3n) is 3.70. The lowest BCUT2D eigenvalue weighted by atomic mass is 9.86. The van der Waals surface area contributed by atoms with Crippen LogP contribution in [0.15, 0.2) is 52.9 Å². The van der Waals surface area contributed by atoms with Crippen molar-refractivity contribution in [2.24, 2.45) is 0 Å². The lowest BCUT2D eigenvalue weighted by Crippen LogP contribution is -2.10. The van der Waals surface area contributed by atoms with Gasteiger partial charge in [0.2, 0.25) is 0 Å². The van der Waals surface area contributed by atoms with Gasteiger partial charge in [-0.15, -0.1) is 0 Å². The Morgan fingerprint density at radius 2 is 1.71 bits per heavy atom. The molecule has 0 atom stereocenters. The van der Waals surface area contributed by atoms with Gasteiger partial charge in [0.15, 0.2) is 5.76 Å². The fourth-order valence-corrected chi connectivity index (χ4v) is 2.47. The fourth-order valence-electron chi connectivity index (χ4n) is 2.47. The number of hydrogen-bond acceptors (Lipinski definition) is 2. The first-order chi connectivity index (χ1) is 10.0. The number of fused-ring (bicyclic) bond motifs is 1. The zero-order valence-electron chi connectivity index (χ0n) is 12.5. The predicted octanol–water partition coefficient (Wildman–Crippen LogP) is 5.27. The quantitative estimate of drug-likeness (QED) is 0.606. The summed E-state index contributed by atoms with van der Waals surface area (Å²) in [4.78, 5) is 0. The second kappa shape index (κ2) is 4.79. The Morgan fingerprint density at radius 1 is 1.00 bits per heavy atom. The highest BCUT2D eigenvalue weighted by Crippen LogP contribution is 2.35. The Balaban J connectivity index is 2.28.